The van der Waals surface area contributed by atoms with Gasteiger partial charge < -0.3 is 4.74 Å². The van der Waals surface area contributed by atoms with Crippen LogP contribution in [0.5, 0.6) is 0 Å². The Hall–Kier alpha value is -1.97. The normalized spacial score (nSPS) is 22.1. The Balaban J connectivity index is 2.06. The molecule has 1 aromatic rings. The van der Waals surface area contributed by atoms with Crippen molar-refractivity contribution >= 4 is 17.5 Å². The van der Waals surface area contributed by atoms with Crippen LogP contribution in [0.3, 0.4) is 0 Å². The number of carbonyl (C=O) groups excluding carboxylic acids is 3. The van der Waals surface area contributed by atoms with Crippen molar-refractivity contribution in [3.05, 3.63) is 35.9 Å². The molecule has 1 aliphatic heterocycles. The Morgan fingerprint density at radius 2 is 1.85 bits per heavy atom. The molecule has 2 atom stereocenters. The Labute approximate surface area is 118 Å². The van der Waals surface area contributed by atoms with Gasteiger partial charge in [-0.05, 0) is 17.9 Å². The van der Waals surface area contributed by atoms with E-state index < -0.39 is 18.0 Å². The van der Waals surface area contributed by atoms with Crippen LogP contribution in [0.2, 0.25) is 0 Å². The maximum absolute atomic E-state index is 12.1. The van der Waals surface area contributed by atoms with Gasteiger partial charge in [0.15, 0.2) is 23.6 Å². The van der Waals surface area contributed by atoms with Crippen LogP contribution in [-0.4, -0.2) is 23.6 Å². The second-order valence-electron chi connectivity index (χ2n) is 5.52. The number of cyclic esters (lactones) is 1. The van der Waals surface area contributed by atoms with Gasteiger partial charge >= 0.3 is 5.97 Å². The third-order valence-corrected chi connectivity index (χ3v) is 3.32. The Morgan fingerprint density at radius 1 is 1.20 bits per heavy atom. The third-order valence-electron chi connectivity index (χ3n) is 3.32. The zero-order valence-electron chi connectivity index (χ0n) is 11.7. The predicted molar refractivity (Wildman–Crippen MR) is 73.0 cm³/mol. The standard InChI is InChI=1S/C16H18O4/c1-10(2)8-13-15(18)14(16(19)20-13)12(17)9-11-6-4-3-5-7-11/h3-7,10,13-14H,8-9H2,1-2H3. The maximum atomic E-state index is 12.1. The molecule has 4 nitrogen and oxygen atoms in total. The van der Waals surface area contributed by atoms with Gasteiger partial charge in [-0.1, -0.05) is 44.2 Å². The molecule has 0 bridgehead atoms. The van der Waals surface area contributed by atoms with Crippen LogP contribution in [0.4, 0.5) is 0 Å². The highest BCUT2D eigenvalue weighted by atomic mass is 16.6. The molecule has 0 saturated carbocycles. The number of hydrogen-bond donors (Lipinski definition) is 0. The molecule has 2 rings (SSSR count). The monoisotopic (exact) mass is 274 g/mol. The summed E-state index contributed by atoms with van der Waals surface area (Å²) in [5.41, 5.74) is 0.797. The molecule has 2 unspecified atom stereocenters. The zero-order valence-corrected chi connectivity index (χ0v) is 11.7. The predicted octanol–water partition coefficient (Wildman–Crippen LogP) is 1.95. The van der Waals surface area contributed by atoms with Gasteiger partial charge in [0, 0.05) is 6.42 Å². The molecule has 106 valence electrons. The van der Waals surface area contributed by atoms with Crippen molar-refractivity contribution in [1.82, 2.24) is 0 Å². The van der Waals surface area contributed by atoms with Crippen LogP contribution >= 0.6 is 0 Å². The molecule has 0 spiro atoms. The SMILES string of the molecule is CC(C)CC1OC(=O)C(C(=O)Cc2ccccc2)C1=O. The van der Waals surface area contributed by atoms with E-state index in [1.807, 2.05) is 32.0 Å². The van der Waals surface area contributed by atoms with Gasteiger partial charge in [-0.2, -0.15) is 0 Å². The minimum atomic E-state index is -1.24. The lowest BCUT2D eigenvalue weighted by Crippen LogP contribution is -2.29. The van der Waals surface area contributed by atoms with Crippen LogP contribution in [0.1, 0.15) is 25.8 Å². The number of rotatable bonds is 5. The molecule has 1 saturated heterocycles. The highest BCUT2D eigenvalue weighted by molar-refractivity contribution is 6.22. The van der Waals surface area contributed by atoms with Gasteiger partial charge in [0.2, 0.25) is 0 Å². The van der Waals surface area contributed by atoms with E-state index in [2.05, 4.69) is 0 Å². The van der Waals surface area contributed by atoms with Gasteiger partial charge in [0.1, 0.15) is 0 Å². The van der Waals surface area contributed by atoms with Crippen molar-refractivity contribution in [3.8, 4) is 0 Å². The third kappa shape index (κ3) is 3.13. The molecule has 1 heterocycles. The minimum absolute atomic E-state index is 0.0841. The number of benzene rings is 1. The van der Waals surface area contributed by atoms with E-state index in [-0.39, 0.29) is 23.9 Å². The fourth-order valence-corrected chi connectivity index (χ4v) is 2.35. The fraction of sp³-hybridized carbons (Fsp3) is 0.438. The first-order chi connectivity index (χ1) is 9.49. The molecule has 0 radical (unpaired) electrons. The van der Waals surface area contributed by atoms with Crippen LogP contribution in [0.15, 0.2) is 30.3 Å². The summed E-state index contributed by atoms with van der Waals surface area (Å²) in [6.07, 6.45) is -0.201. The summed E-state index contributed by atoms with van der Waals surface area (Å²) in [4.78, 5) is 36.0. The van der Waals surface area contributed by atoms with Crippen LogP contribution in [-0.2, 0) is 25.5 Å². The van der Waals surface area contributed by atoms with E-state index in [0.29, 0.717) is 6.42 Å². The van der Waals surface area contributed by atoms with E-state index in [9.17, 15) is 14.4 Å². The lowest BCUT2D eigenvalue weighted by Gasteiger charge is -2.09. The van der Waals surface area contributed by atoms with E-state index >= 15 is 0 Å². The van der Waals surface area contributed by atoms with E-state index in [0.717, 1.165) is 5.56 Å². The van der Waals surface area contributed by atoms with Crippen LogP contribution < -0.4 is 0 Å². The molecule has 0 amide bonds. The van der Waals surface area contributed by atoms with Crippen molar-refractivity contribution in [1.29, 1.82) is 0 Å². The number of hydrogen-bond acceptors (Lipinski definition) is 4. The summed E-state index contributed by atoms with van der Waals surface area (Å²) in [5.74, 6) is -2.46. The smallest absolute Gasteiger partial charge is 0.325 e. The quantitative estimate of drug-likeness (QED) is 0.608. The van der Waals surface area contributed by atoms with E-state index in [4.69, 9.17) is 4.74 Å². The maximum Gasteiger partial charge on any atom is 0.325 e. The van der Waals surface area contributed by atoms with Gasteiger partial charge in [-0.3, -0.25) is 14.4 Å². The van der Waals surface area contributed by atoms with Gasteiger partial charge in [-0.25, -0.2) is 0 Å². The topological polar surface area (TPSA) is 60.4 Å². The Bertz CT molecular complexity index is 519. The average molecular weight is 274 g/mol. The van der Waals surface area contributed by atoms with Crippen molar-refractivity contribution in [2.45, 2.75) is 32.8 Å². The Morgan fingerprint density at radius 3 is 2.45 bits per heavy atom. The van der Waals surface area contributed by atoms with Gasteiger partial charge in [0.25, 0.3) is 0 Å². The molecular weight excluding hydrogens is 256 g/mol. The molecule has 4 heteroatoms. The number of Topliss-reactive ketones (excluding diaryl/α,β-unsaturated/α-hetero) is 2. The van der Waals surface area contributed by atoms with Crippen molar-refractivity contribution in [2.24, 2.45) is 11.8 Å². The minimum Gasteiger partial charge on any atom is -0.453 e. The van der Waals surface area contributed by atoms with Crippen molar-refractivity contribution in [3.63, 3.8) is 0 Å². The second kappa shape index (κ2) is 5.99. The molecule has 0 aliphatic carbocycles. The summed E-state index contributed by atoms with van der Waals surface area (Å²) in [5, 5.41) is 0. The number of esters is 1. The lowest BCUT2D eigenvalue weighted by molar-refractivity contribution is -0.147. The zero-order chi connectivity index (χ0) is 14.7. The average Bonchev–Trinajstić information content (AvgIpc) is 2.64. The first kappa shape index (κ1) is 14.4. The molecular formula is C16H18O4. The molecule has 1 aromatic carbocycles. The first-order valence-electron chi connectivity index (χ1n) is 6.80. The van der Waals surface area contributed by atoms with Crippen molar-refractivity contribution < 1.29 is 19.1 Å². The molecule has 0 N–H and O–H groups in total. The van der Waals surface area contributed by atoms with E-state index in [1.54, 1.807) is 12.1 Å². The summed E-state index contributed by atoms with van der Waals surface area (Å²) in [7, 11) is 0. The Kier molecular flexibility index (Phi) is 4.32. The molecule has 1 fully saturated rings. The van der Waals surface area contributed by atoms with Crippen LogP contribution in [0, 0.1) is 11.8 Å². The highest BCUT2D eigenvalue weighted by Gasteiger charge is 2.47. The van der Waals surface area contributed by atoms with Crippen LogP contribution in [0.25, 0.3) is 0 Å². The summed E-state index contributed by atoms with van der Waals surface area (Å²) in [6.45, 7) is 3.89. The lowest BCUT2D eigenvalue weighted by atomic mass is 9.91. The molecule has 20 heavy (non-hydrogen) atoms. The fourth-order valence-electron chi connectivity index (χ4n) is 2.35. The number of ketones is 2. The largest absolute Gasteiger partial charge is 0.453 e. The second-order valence-corrected chi connectivity index (χ2v) is 5.52. The summed E-state index contributed by atoms with van der Waals surface area (Å²) >= 11 is 0. The summed E-state index contributed by atoms with van der Waals surface area (Å²) in [6, 6.07) is 9.09. The van der Waals surface area contributed by atoms with Gasteiger partial charge in [-0.15, -0.1) is 0 Å². The van der Waals surface area contributed by atoms with Gasteiger partial charge in [0.05, 0.1) is 0 Å². The molecule has 1 aliphatic rings. The number of ether oxygens (including phenoxy) is 1. The molecule has 0 aromatic heterocycles. The van der Waals surface area contributed by atoms with E-state index in [1.165, 1.54) is 0 Å². The first-order valence-corrected chi connectivity index (χ1v) is 6.80. The highest BCUT2D eigenvalue weighted by Crippen LogP contribution is 2.24. The van der Waals surface area contributed by atoms with Crippen molar-refractivity contribution in [2.75, 3.05) is 0 Å². The summed E-state index contributed by atoms with van der Waals surface area (Å²) < 4.78 is 5.05. The number of carbonyl (C=O) groups is 3.